The van der Waals surface area contributed by atoms with Gasteiger partial charge in [0.15, 0.2) is 0 Å². The van der Waals surface area contributed by atoms with Crippen molar-refractivity contribution in [2.75, 3.05) is 6.54 Å². The summed E-state index contributed by atoms with van der Waals surface area (Å²) >= 11 is 0. The van der Waals surface area contributed by atoms with Crippen LogP contribution in [0.5, 0.6) is 0 Å². The summed E-state index contributed by atoms with van der Waals surface area (Å²) in [5, 5.41) is 13.9. The highest BCUT2D eigenvalue weighted by Crippen LogP contribution is 2.08. The lowest BCUT2D eigenvalue weighted by molar-refractivity contribution is 0.137. The minimum Gasteiger partial charge on any atom is -0.450 e. The minimum absolute atomic E-state index is 0.344. The highest BCUT2D eigenvalue weighted by atomic mass is 32.2. The highest BCUT2D eigenvalue weighted by Gasteiger charge is 2.11. The Morgan fingerprint density at radius 3 is 2.05 bits per heavy atom. The standard InChI is InChI=1S/C14H23NO2S.CH2O3/c1-2-3-4-5-6-10-13-15-18(16,17)14-11-8-7-9-12-14;2-1(3)4/h7-9,11-12,15H,2-6,10,13H2,1H3;(H2,2,3,4). The number of unbranched alkanes of at least 4 members (excludes halogenated alkanes) is 5. The molecule has 7 heteroatoms. The van der Waals surface area contributed by atoms with E-state index < -0.39 is 16.2 Å². The number of sulfonamides is 1. The second-order valence-corrected chi connectivity index (χ2v) is 6.53. The Morgan fingerprint density at radius 2 is 1.50 bits per heavy atom. The zero-order chi connectivity index (χ0) is 16.8. The van der Waals surface area contributed by atoms with Crippen LogP contribution in [0, 0.1) is 0 Å². The van der Waals surface area contributed by atoms with E-state index in [4.69, 9.17) is 15.0 Å². The second-order valence-electron chi connectivity index (χ2n) is 4.76. The van der Waals surface area contributed by atoms with Crippen molar-refractivity contribution in [3.63, 3.8) is 0 Å². The van der Waals surface area contributed by atoms with Gasteiger partial charge in [-0.1, -0.05) is 57.2 Å². The Hall–Kier alpha value is -1.60. The van der Waals surface area contributed by atoms with Crippen LogP contribution >= 0.6 is 0 Å². The zero-order valence-corrected chi connectivity index (χ0v) is 13.7. The van der Waals surface area contributed by atoms with E-state index in [-0.39, 0.29) is 0 Å². The predicted molar refractivity (Wildman–Crippen MR) is 85.7 cm³/mol. The molecular formula is C15H25NO5S. The predicted octanol–water partition coefficient (Wildman–Crippen LogP) is 3.55. The van der Waals surface area contributed by atoms with E-state index in [1.807, 2.05) is 6.07 Å². The van der Waals surface area contributed by atoms with Crippen LogP contribution in [0.1, 0.15) is 45.4 Å². The van der Waals surface area contributed by atoms with Crippen molar-refractivity contribution in [1.82, 2.24) is 4.72 Å². The van der Waals surface area contributed by atoms with Gasteiger partial charge in [-0.2, -0.15) is 0 Å². The summed E-state index contributed by atoms with van der Waals surface area (Å²) in [5.41, 5.74) is 0. The molecule has 3 N–H and O–H groups in total. The molecule has 0 aliphatic carbocycles. The van der Waals surface area contributed by atoms with E-state index >= 15 is 0 Å². The van der Waals surface area contributed by atoms with Crippen LogP contribution in [-0.2, 0) is 10.0 Å². The van der Waals surface area contributed by atoms with Crippen molar-refractivity contribution in [1.29, 1.82) is 0 Å². The van der Waals surface area contributed by atoms with Crippen LogP contribution in [0.3, 0.4) is 0 Å². The quantitative estimate of drug-likeness (QED) is 0.600. The Labute approximate surface area is 132 Å². The molecule has 1 aromatic rings. The Bertz CT molecular complexity index is 498. The molecule has 0 aromatic heterocycles. The van der Waals surface area contributed by atoms with Crippen molar-refractivity contribution in [2.45, 2.75) is 50.3 Å². The number of carbonyl (C=O) groups is 1. The number of carboxylic acid groups (broad SMARTS) is 2. The molecule has 6 nitrogen and oxygen atoms in total. The van der Waals surface area contributed by atoms with Crippen molar-refractivity contribution in [2.24, 2.45) is 0 Å². The van der Waals surface area contributed by atoms with Crippen LogP contribution in [0.15, 0.2) is 35.2 Å². The molecule has 0 fully saturated rings. The largest absolute Gasteiger partial charge is 0.503 e. The van der Waals surface area contributed by atoms with Crippen molar-refractivity contribution < 1.29 is 23.4 Å². The molecule has 0 aliphatic rings. The van der Waals surface area contributed by atoms with E-state index in [2.05, 4.69) is 11.6 Å². The third kappa shape index (κ3) is 11.1. The third-order valence-corrected chi connectivity index (χ3v) is 4.35. The van der Waals surface area contributed by atoms with Crippen LogP contribution in [0.4, 0.5) is 4.79 Å². The fourth-order valence-electron chi connectivity index (χ4n) is 1.79. The van der Waals surface area contributed by atoms with Crippen molar-refractivity contribution >= 4 is 16.2 Å². The second kappa shape index (κ2) is 12.0. The molecule has 0 unspecified atom stereocenters. The van der Waals surface area contributed by atoms with E-state index in [0.29, 0.717) is 11.4 Å². The van der Waals surface area contributed by atoms with E-state index in [0.717, 1.165) is 12.8 Å². The molecule has 1 rings (SSSR count). The summed E-state index contributed by atoms with van der Waals surface area (Å²) in [7, 11) is -3.31. The molecule has 126 valence electrons. The van der Waals surface area contributed by atoms with Crippen LogP contribution in [-0.4, -0.2) is 31.3 Å². The van der Waals surface area contributed by atoms with E-state index in [9.17, 15) is 8.42 Å². The lowest BCUT2D eigenvalue weighted by Gasteiger charge is -2.06. The van der Waals surface area contributed by atoms with Gasteiger partial charge in [-0.05, 0) is 18.6 Å². The van der Waals surface area contributed by atoms with Gasteiger partial charge in [0.05, 0.1) is 4.90 Å². The molecule has 0 spiro atoms. The van der Waals surface area contributed by atoms with Gasteiger partial charge < -0.3 is 10.2 Å². The molecule has 0 saturated heterocycles. The van der Waals surface area contributed by atoms with E-state index in [1.54, 1.807) is 24.3 Å². The lowest BCUT2D eigenvalue weighted by Crippen LogP contribution is -2.24. The third-order valence-electron chi connectivity index (χ3n) is 2.88. The van der Waals surface area contributed by atoms with Crippen LogP contribution in [0.2, 0.25) is 0 Å². The Balaban J connectivity index is 0.000000980. The fraction of sp³-hybridized carbons (Fsp3) is 0.533. The van der Waals surface area contributed by atoms with Crippen LogP contribution in [0.25, 0.3) is 0 Å². The number of benzene rings is 1. The van der Waals surface area contributed by atoms with Gasteiger partial charge in [-0.25, -0.2) is 17.9 Å². The first kappa shape index (κ1) is 20.4. The Morgan fingerprint density at radius 1 is 1.00 bits per heavy atom. The summed E-state index contributed by atoms with van der Waals surface area (Å²) in [6.45, 7) is 2.72. The van der Waals surface area contributed by atoms with Crippen molar-refractivity contribution in [3.05, 3.63) is 30.3 Å². The molecular weight excluding hydrogens is 306 g/mol. The maximum Gasteiger partial charge on any atom is 0.503 e. The lowest BCUT2D eigenvalue weighted by atomic mass is 10.1. The summed E-state index contributed by atoms with van der Waals surface area (Å²) in [4.78, 5) is 8.90. The Kier molecular flexibility index (Phi) is 11.1. The first-order valence-corrected chi connectivity index (χ1v) is 8.85. The zero-order valence-electron chi connectivity index (χ0n) is 12.9. The summed E-state index contributed by atoms with van der Waals surface area (Å²) in [6.07, 6.45) is 5.13. The molecule has 0 saturated carbocycles. The maximum absolute atomic E-state index is 11.9. The normalized spacial score (nSPS) is 10.6. The molecule has 22 heavy (non-hydrogen) atoms. The monoisotopic (exact) mass is 331 g/mol. The summed E-state index contributed by atoms with van der Waals surface area (Å²) in [5.74, 6) is 0. The number of hydrogen-bond donors (Lipinski definition) is 3. The van der Waals surface area contributed by atoms with Gasteiger partial charge >= 0.3 is 6.16 Å². The molecule has 0 amide bonds. The van der Waals surface area contributed by atoms with Gasteiger partial charge in [0, 0.05) is 6.54 Å². The van der Waals surface area contributed by atoms with Gasteiger partial charge in [-0.3, -0.25) is 0 Å². The molecule has 0 atom stereocenters. The van der Waals surface area contributed by atoms with Gasteiger partial charge in [0.2, 0.25) is 10.0 Å². The summed E-state index contributed by atoms with van der Waals surface area (Å²) < 4.78 is 26.4. The number of rotatable bonds is 9. The molecule has 0 radical (unpaired) electrons. The first-order chi connectivity index (χ1) is 10.4. The van der Waals surface area contributed by atoms with Crippen LogP contribution < -0.4 is 4.72 Å². The number of hydrogen-bond acceptors (Lipinski definition) is 3. The molecule has 1 aromatic carbocycles. The van der Waals surface area contributed by atoms with Gasteiger partial charge in [-0.15, -0.1) is 0 Å². The first-order valence-electron chi connectivity index (χ1n) is 7.36. The molecule has 0 bridgehead atoms. The van der Waals surface area contributed by atoms with E-state index in [1.165, 1.54) is 25.7 Å². The fourth-order valence-corrected chi connectivity index (χ4v) is 2.89. The average molecular weight is 331 g/mol. The highest BCUT2D eigenvalue weighted by molar-refractivity contribution is 7.89. The van der Waals surface area contributed by atoms with Crippen molar-refractivity contribution in [3.8, 4) is 0 Å². The summed E-state index contributed by atoms with van der Waals surface area (Å²) in [6, 6.07) is 8.51. The molecule has 0 heterocycles. The average Bonchev–Trinajstić information content (AvgIpc) is 2.47. The topological polar surface area (TPSA) is 104 Å². The maximum atomic E-state index is 11.9. The van der Waals surface area contributed by atoms with Gasteiger partial charge in [0.25, 0.3) is 0 Å². The van der Waals surface area contributed by atoms with Gasteiger partial charge in [0.1, 0.15) is 0 Å². The number of nitrogens with one attached hydrogen (secondary N) is 1. The molecule has 0 aliphatic heterocycles. The SMILES string of the molecule is CCCCCCCCNS(=O)(=O)c1ccccc1.O=C(O)O. The smallest absolute Gasteiger partial charge is 0.450 e. The minimum atomic E-state index is -3.31.